The Balaban J connectivity index is 2.50. The number of carboxylic acids is 1. The summed E-state index contributed by atoms with van der Waals surface area (Å²) >= 11 is 3.29. The van der Waals surface area contributed by atoms with Crippen molar-refractivity contribution < 1.29 is 9.90 Å². The molecule has 0 spiro atoms. The van der Waals surface area contributed by atoms with Crippen LogP contribution in [0.3, 0.4) is 0 Å². The molecule has 0 saturated carbocycles. The second-order valence-corrected chi connectivity index (χ2v) is 4.97. The molecule has 0 radical (unpaired) electrons. The van der Waals surface area contributed by atoms with E-state index in [4.69, 9.17) is 5.11 Å². The molecule has 0 atom stereocenters. The summed E-state index contributed by atoms with van der Waals surface area (Å²) in [6.45, 7) is 1.78. The van der Waals surface area contributed by atoms with Gasteiger partial charge < -0.3 is 14.6 Å². The number of carbonyl (C=O) groups is 1. The van der Waals surface area contributed by atoms with Gasteiger partial charge in [-0.2, -0.15) is 0 Å². The molecule has 5 heteroatoms. The van der Waals surface area contributed by atoms with Gasteiger partial charge in [-0.05, 0) is 55.5 Å². The number of aryl methyl sites for hydroxylation is 1. The summed E-state index contributed by atoms with van der Waals surface area (Å²) in [6.07, 6.45) is 3.88. The molecule has 4 nitrogen and oxygen atoms in total. The van der Waals surface area contributed by atoms with Gasteiger partial charge in [0.25, 0.3) is 0 Å². The van der Waals surface area contributed by atoms with Crippen molar-refractivity contribution in [3.8, 4) is 0 Å². The zero-order valence-corrected chi connectivity index (χ0v) is 11.2. The smallest absolute Gasteiger partial charge is 0.352 e. The SMILES string of the molecule is CN(C)CCCCn1cc(Br)cc1C(=O)O. The molecule has 90 valence electrons. The Hall–Kier alpha value is -0.810. The third-order valence-corrected chi connectivity index (χ3v) is 2.77. The normalized spacial score (nSPS) is 11.0. The highest BCUT2D eigenvalue weighted by Gasteiger charge is 2.10. The van der Waals surface area contributed by atoms with Crippen molar-refractivity contribution in [2.24, 2.45) is 0 Å². The molecule has 0 saturated heterocycles. The molecular weight excluding hydrogens is 272 g/mol. The van der Waals surface area contributed by atoms with Gasteiger partial charge in [0, 0.05) is 17.2 Å². The molecule has 0 aliphatic rings. The van der Waals surface area contributed by atoms with Crippen molar-refractivity contribution in [2.45, 2.75) is 19.4 Å². The first kappa shape index (κ1) is 13.3. The molecule has 1 heterocycles. The lowest BCUT2D eigenvalue weighted by molar-refractivity contribution is 0.0685. The number of halogens is 1. The third kappa shape index (κ3) is 3.98. The first-order valence-corrected chi connectivity index (χ1v) is 6.03. The van der Waals surface area contributed by atoms with Gasteiger partial charge in [0.1, 0.15) is 5.69 Å². The number of unbranched alkanes of at least 4 members (excludes halogenated alkanes) is 1. The first-order chi connectivity index (χ1) is 7.50. The van der Waals surface area contributed by atoms with E-state index in [1.807, 2.05) is 20.3 Å². The molecule has 1 aromatic heterocycles. The second kappa shape index (κ2) is 6.06. The van der Waals surface area contributed by atoms with E-state index in [1.54, 1.807) is 10.6 Å². The van der Waals surface area contributed by atoms with Gasteiger partial charge in [-0.1, -0.05) is 0 Å². The van der Waals surface area contributed by atoms with E-state index < -0.39 is 5.97 Å². The number of hydrogen-bond acceptors (Lipinski definition) is 2. The van der Waals surface area contributed by atoms with Crippen LogP contribution >= 0.6 is 15.9 Å². The molecule has 0 unspecified atom stereocenters. The fourth-order valence-corrected chi connectivity index (χ4v) is 2.01. The molecule has 0 aliphatic heterocycles. The van der Waals surface area contributed by atoms with Crippen LogP contribution in [0.15, 0.2) is 16.7 Å². The van der Waals surface area contributed by atoms with Crippen molar-refractivity contribution in [1.82, 2.24) is 9.47 Å². The Labute approximate surface area is 104 Å². The van der Waals surface area contributed by atoms with Gasteiger partial charge >= 0.3 is 5.97 Å². The minimum absolute atomic E-state index is 0.344. The van der Waals surface area contributed by atoms with Crippen LogP contribution in [0.2, 0.25) is 0 Å². The Morgan fingerprint density at radius 1 is 1.50 bits per heavy atom. The summed E-state index contributed by atoms with van der Waals surface area (Å²) in [5, 5.41) is 8.97. The third-order valence-electron chi connectivity index (χ3n) is 2.34. The Kier molecular flexibility index (Phi) is 5.02. The summed E-state index contributed by atoms with van der Waals surface area (Å²) in [7, 11) is 4.07. The molecule has 0 bridgehead atoms. The Morgan fingerprint density at radius 3 is 2.75 bits per heavy atom. The van der Waals surface area contributed by atoms with Crippen LogP contribution in [0.5, 0.6) is 0 Å². The predicted octanol–water partition coefficient (Wildman–Crippen LogP) is 2.29. The lowest BCUT2D eigenvalue weighted by Crippen LogP contribution is -2.14. The van der Waals surface area contributed by atoms with Crippen molar-refractivity contribution >= 4 is 21.9 Å². The average molecular weight is 289 g/mol. The van der Waals surface area contributed by atoms with Gasteiger partial charge in [-0.3, -0.25) is 0 Å². The zero-order chi connectivity index (χ0) is 12.1. The van der Waals surface area contributed by atoms with E-state index in [2.05, 4.69) is 20.8 Å². The molecule has 16 heavy (non-hydrogen) atoms. The highest BCUT2D eigenvalue weighted by molar-refractivity contribution is 9.10. The molecule has 1 rings (SSSR count). The van der Waals surface area contributed by atoms with Crippen molar-refractivity contribution in [2.75, 3.05) is 20.6 Å². The topological polar surface area (TPSA) is 45.5 Å². The minimum Gasteiger partial charge on any atom is -0.477 e. The fraction of sp³-hybridized carbons (Fsp3) is 0.545. The van der Waals surface area contributed by atoms with Gasteiger partial charge in [0.05, 0.1) is 0 Å². The van der Waals surface area contributed by atoms with Crippen molar-refractivity contribution in [1.29, 1.82) is 0 Å². The number of aromatic nitrogens is 1. The minimum atomic E-state index is -0.877. The van der Waals surface area contributed by atoms with E-state index >= 15 is 0 Å². The lowest BCUT2D eigenvalue weighted by atomic mass is 10.3. The Bertz CT molecular complexity index is 361. The zero-order valence-electron chi connectivity index (χ0n) is 9.61. The highest BCUT2D eigenvalue weighted by atomic mass is 79.9. The van der Waals surface area contributed by atoms with E-state index in [0.29, 0.717) is 5.69 Å². The maximum Gasteiger partial charge on any atom is 0.352 e. The maximum absolute atomic E-state index is 10.9. The first-order valence-electron chi connectivity index (χ1n) is 5.24. The lowest BCUT2D eigenvalue weighted by Gasteiger charge is -2.10. The van der Waals surface area contributed by atoms with Gasteiger partial charge in [0.2, 0.25) is 0 Å². The number of aromatic carboxylic acids is 1. The van der Waals surface area contributed by atoms with E-state index in [0.717, 1.165) is 30.4 Å². The monoisotopic (exact) mass is 288 g/mol. The van der Waals surface area contributed by atoms with Gasteiger partial charge in [-0.15, -0.1) is 0 Å². The average Bonchev–Trinajstić information content (AvgIpc) is 2.54. The molecule has 0 amide bonds. The fourth-order valence-electron chi connectivity index (χ4n) is 1.55. The number of nitrogens with zero attached hydrogens (tertiary/aromatic N) is 2. The van der Waals surface area contributed by atoms with Crippen LogP contribution in [0.4, 0.5) is 0 Å². The molecule has 1 N–H and O–H groups in total. The number of carboxylic acid groups (broad SMARTS) is 1. The molecule has 0 aromatic carbocycles. The van der Waals surface area contributed by atoms with E-state index in [-0.39, 0.29) is 0 Å². The van der Waals surface area contributed by atoms with Crippen molar-refractivity contribution in [3.63, 3.8) is 0 Å². The quantitative estimate of drug-likeness (QED) is 0.817. The van der Waals surface area contributed by atoms with Crippen LogP contribution in [0.25, 0.3) is 0 Å². The second-order valence-electron chi connectivity index (χ2n) is 4.05. The van der Waals surface area contributed by atoms with E-state index in [1.165, 1.54) is 0 Å². The molecule has 0 aliphatic carbocycles. The number of rotatable bonds is 6. The van der Waals surface area contributed by atoms with E-state index in [9.17, 15) is 4.79 Å². The van der Waals surface area contributed by atoms with Gasteiger partial charge in [0.15, 0.2) is 0 Å². The summed E-state index contributed by atoms with van der Waals surface area (Å²) in [5.74, 6) is -0.877. The standard InChI is InChI=1S/C11H17BrN2O2/c1-13(2)5-3-4-6-14-8-9(12)7-10(14)11(15)16/h7-8H,3-6H2,1-2H3,(H,15,16). The maximum atomic E-state index is 10.9. The van der Waals surface area contributed by atoms with Crippen molar-refractivity contribution in [3.05, 3.63) is 22.4 Å². The Morgan fingerprint density at radius 2 is 2.19 bits per heavy atom. The van der Waals surface area contributed by atoms with Crippen LogP contribution < -0.4 is 0 Å². The van der Waals surface area contributed by atoms with Crippen LogP contribution in [0, 0.1) is 0 Å². The largest absolute Gasteiger partial charge is 0.477 e. The predicted molar refractivity (Wildman–Crippen MR) is 66.9 cm³/mol. The number of hydrogen-bond donors (Lipinski definition) is 1. The van der Waals surface area contributed by atoms with Crippen LogP contribution in [0.1, 0.15) is 23.3 Å². The van der Waals surface area contributed by atoms with Crippen LogP contribution in [-0.4, -0.2) is 41.2 Å². The summed E-state index contributed by atoms with van der Waals surface area (Å²) < 4.78 is 2.60. The molecule has 1 aromatic rings. The van der Waals surface area contributed by atoms with Crippen LogP contribution in [-0.2, 0) is 6.54 Å². The molecule has 0 fully saturated rings. The highest BCUT2D eigenvalue weighted by Crippen LogP contribution is 2.15. The summed E-state index contributed by atoms with van der Waals surface area (Å²) in [6, 6.07) is 1.63. The molecular formula is C11H17BrN2O2. The summed E-state index contributed by atoms with van der Waals surface area (Å²) in [5.41, 5.74) is 0.344. The van der Waals surface area contributed by atoms with Gasteiger partial charge in [-0.25, -0.2) is 4.79 Å². The summed E-state index contributed by atoms with van der Waals surface area (Å²) in [4.78, 5) is 13.1.